The minimum atomic E-state index is -3.46. The molecule has 0 amide bonds. The van der Waals surface area contributed by atoms with E-state index in [2.05, 4.69) is 9.88 Å². The Balaban J connectivity index is 1.91. The molecule has 7 heteroatoms. The first kappa shape index (κ1) is 23.0. The van der Waals surface area contributed by atoms with Gasteiger partial charge in [-0.3, -0.25) is 4.90 Å². The zero-order valence-corrected chi connectivity index (χ0v) is 19.0. The molecule has 1 saturated heterocycles. The van der Waals surface area contributed by atoms with E-state index >= 15 is 0 Å². The number of aliphatic hydroxyl groups excluding tert-OH is 1. The van der Waals surface area contributed by atoms with E-state index in [9.17, 15) is 13.5 Å². The van der Waals surface area contributed by atoms with Crippen LogP contribution in [0.15, 0.2) is 41.7 Å². The Kier molecular flexibility index (Phi) is 8.08. The summed E-state index contributed by atoms with van der Waals surface area (Å²) < 4.78 is 28.0. The molecule has 3 rings (SSSR count). The lowest BCUT2D eigenvalue weighted by Gasteiger charge is -2.36. The molecule has 30 heavy (non-hydrogen) atoms. The van der Waals surface area contributed by atoms with Gasteiger partial charge in [-0.1, -0.05) is 50.6 Å². The zero-order valence-electron chi connectivity index (χ0n) is 18.2. The molecule has 166 valence electrons. The molecular formula is C23H35N3O3S. The number of likely N-dealkylation sites (tertiary alicyclic amines) is 1. The molecule has 0 saturated carbocycles. The first-order valence-corrected chi connectivity index (χ1v) is 12.7. The van der Waals surface area contributed by atoms with Gasteiger partial charge in [-0.2, -0.15) is 0 Å². The maximum Gasteiger partial charge on any atom is 0.228 e. The lowest BCUT2D eigenvalue weighted by atomic mass is 9.98. The molecule has 6 nitrogen and oxygen atoms in total. The number of sulfone groups is 1. The second-order valence-electron chi connectivity index (χ2n) is 8.77. The van der Waals surface area contributed by atoms with Gasteiger partial charge in [0.2, 0.25) is 15.0 Å². The Hall–Kier alpha value is -1.70. The van der Waals surface area contributed by atoms with Gasteiger partial charge in [-0.25, -0.2) is 13.4 Å². The number of nitrogens with zero attached hydrogens (tertiary/aromatic N) is 3. The molecule has 0 bridgehead atoms. The van der Waals surface area contributed by atoms with E-state index in [0.717, 1.165) is 43.5 Å². The average Bonchev–Trinajstić information content (AvgIpc) is 3.10. The zero-order chi connectivity index (χ0) is 21.6. The summed E-state index contributed by atoms with van der Waals surface area (Å²) in [6.07, 6.45) is 7.02. The molecule has 1 aromatic carbocycles. The summed E-state index contributed by atoms with van der Waals surface area (Å²) in [6.45, 7) is 6.24. The summed E-state index contributed by atoms with van der Waals surface area (Å²) in [4.78, 5) is 6.84. The van der Waals surface area contributed by atoms with Crippen molar-refractivity contribution in [2.45, 2.75) is 70.2 Å². The number of imidazole rings is 1. The molecule has 2 aromatic rings. The van der Waals surface area contributed by atoms with Gasteiger partial charge < -0.3 is 9.67 Å². The fourth-order valence-electron chi connectivity index (χ4n) is 4.34. The minimum absolute atomic E-state index is 0.0466. The third kappa shape index (κ3) is 5.93. The van der Waals surface area contributed by atoms with Crippen molar-refractivity contribution in [3.05, 3.63) is 47.8 Å². The van der Waals surface area contributed by atoms with E-state index in [1.807, 2.05) is 48.7 Å². The molecule has 0 aliphatic carbocycles. The number of benzene rings is 1. The summed E-state index contributed by atoms with van der Waals surface area (Å²) >= 11 is 0. The van der Waals surface area contributed by atoms with Crippen LogP contribution in [0.1, 0.15) is 57.2 Å². The summed E-state index contributed by atoms with van der Waals surface area (Å²) in [5.74, 6) is 0.145. The van der Waals surface area contributed by atoms with Gasteiger partial charge in [-0.05, 0) is 43.7 Å². The number of hydrogen-bond donors (Lipinski definition) is 1. The van der Waals surface area contributed by atoms with E-state index in [4.69, 9.17) is 0 Å². The van der Waals surface area contributed by atoms with E-state index in [-0.39, 0.29) is 23.4 Å². The second kappa shape index (κ2) is 10.6. The molecular weight excluding hydrogens is 398 g/mol. The number of aliphatic hydroxyl groups is 1. The Labute approximate surface area is 180 Å². The highest BCUT2D eigenvalue weighted by Crippen LogP contribution is 2.25. The molecule has 0 radical (unpaired) electrons. The average molecular weight is 434 g/mol. The number of piperidine rings is 1. The molecule has 0 spiro atoms. The standard InChI is InChI=1S/C23H35N3O3S/c1-19(2)18-30(28,29)23-24-15-22(26(23)16-20-9-4-3-5-10-20)17-25-13-7-6-11-21(25)12-8-14-27/h3-5,9-10,15,19,21,27H,6-8,11-14,16-18H2,1-2H3. The van der Waals surface area contributed by atoms with Crippen LogP contribution in [0.3, 0.4) is 0 Å². The molecule has 2 heterocycles. The van der Waals surface area contributed by atoms with Crippen molar-refractivity contribution in [3.63, 3.8) is 0 Å². The Morgan fingerprint density at radius 3 is 2.63 bits per heavy atom. The van der Waals surface area contributed by atoms with Crippen molar-refractivity contribution in [3.8, 4) is 0 Å². The van der Waals surface area contributed by atoms with Crippen molar-refractivity contribution in [1.82, 2.24) is 14.5 Å². The van der Waals surface area contributed by atoms with Gasteiger partial charge in [0.1, 0.15) is 0 Å². The summed E-state index contributed by atoms with van der Waals surface area (Å²) in [7, 11) is -3.46. The number of aromatic nitrogens is 2. The van der Waals surface area contributed by atoms with Crippen LogP contribution in [-0.4, -0.2) is 52.9 Å². The predicted molar refractivity (Wildman–Crippen MR) is 119 cm³/mol. The summed E-state index contributed by atoms with van der Waals surface area (Å²) in [6, 6.07) is 10.4. The number of rotatable bonds is 10. The Morgan fingerprint density at radius 1 is 1.17 bits per heavy atom. The highest BCUT2D eigenvalue weighted by atomic mass is 32.2. The highest BCUT2D eigenvalue weighted by molar-refractivity contribution is 7.91. The normalized spacial score (nSPS) is 18.2. The first-order chi connectivity index (χ1) is 14.4. The van der Waals surface area contributed by atoms with Crippen LogP contribution >= 0.6 is 0 Å². The third-order valence-electron chi connectivity index (χ3n) is 5.73. The van der Waals surface area contributed by atoms with Gasteiger partial charge in [0, 0.05) is 19.2 Å². The SMILES string of the molecule is CC(C)CS(=O)(=O)c1ncc(CN2CCCCC2CCCO)n1Cc1ccccc1. The molecule has 1 aliphatic heterocycles. The van der Waals surface area contributed by atoms with E-state index < -0.39 is 9.84 Å². The molecule has 1 atom stereocenters. The third-order valence-corrected chi connectivity index (χ3v) is 7.71. The highest BCUT2D eigenvalue weighted by Gasteiger charge is 2.27. The van der Waals surface area contributed by atoms with Gasteiger partial charge in [0.05, 0.1) is 24.2 Å². The van der Waals surface area contributed by atoms with Crippen LogP contribution in [0, 0.1) is 5.92 Å². The first-order valence-electron chi connectivity index (χ1n) is 11.1. The second-order valence-corrected chi connectivity index (χ2v) is 10.7. The van der Waals surface area contributed by atoms with Gasteiger partial charge in [0.25, 0.3) is 0 Å². The molecule has 1 unspecified atom stereocenters. The fraction of sp³-hybridized carbons (Fsp3) is 0.609. The van der Waals surface area contributed by atoms with E-state index in [1.54, 1.807) is 6.20 Å². The van der Waals surface area contributed by atoms with Crippen molar-refractivity contribution in [1.29, 1.82) is 0 Å². The van der Waals surface area contributed by atoms with Crippen LogP contribution in [0.5, 0.6) is 0 Å². The molecule has 1 aromatic heterocycles. The van der Waals surface area contributed by atoms with E-state index in [0.29, 0.717) is 19.1 Å². The molecule has 1 N–H and O–H groups in total. The quantitative estimate of drug-likeness (QED) is 0.621. The van der Waals surface area contributed by atoms with Gasteiger partial charge in [0.15, 0.2) is 0 Å². The van der Waals surface area contributed by atoms with Crippen molar-refractivity contribution < 1.29 is 13.5 Å². The smallest absolute Gasteiger partial charge is 0.228 e. The monoisotopic (exact) mass is 433 g/mol. The predicted octanol–water partition coefficient (Wildman–Crippen LogP) is 3.49. The topological polar surface area (TPSA) is 75.4 Å². The largest absolute Gasteiger partial charge is 0.396 e. The van der Waals surface area contributed by atoms with E-state index in [1.165, 1.54) is 6.42 Å². The summed E-state index contributed by atoms with van der Waals surface area (Å²) in [5.41, 5.74) is 2.00. The van der Waals surface area contributed by atoms with Crippen LogP contribution in [0.25, 0.3) is 0 Å². The van der Waals surface area contributed by atoms with Gasteiger partial charge >= 0.3 is 0 Å². The maximum atomic E-state index is 13.0. The molecule has 1 aliphatic rings. The van der Waals surface area contributed by atoms with Crippen molar-refractivity contribution in [2.75, 3.05) is 18.9 Å². The van der Waals surface area contributed by atoms with Crippen molar-refractivity contribution >= 4 is 9.84 Å². The molecule has 1 fully saturated rings. The lowest BCUT2D eigenvalue weighted by Crippen LogP contribution is -2.39. The Morgan fingerprint density at radius 2 is 1.93 bits per heavy atom. The van der Waals surface area contributed by atoms with Crippen LogP contribution in [0.2, 0.25) is 0 Å². The van der Waals surface area contributed by atoms with Crippen LogP contribution in [-0.2, 0) is 22.9 Å². The number of hydrogen-bond acceptors (Lipinski definition) is 5. The van der Waals surface area contributed by atoms with Crippen LogP contribution < -0.4 is 0 Å². The van der Waals surface area contributed by atoms with Crippen molar-refractivity contribution in [2.24, 2.45) is 5.92 Å². The van der Waals surface area contributed by atoms with Gasteiger partial charge in [-0.15, -0.1) is 0 Å². The Bertz CT molecular complexity index is 894. The summed E-state index contributed by atoms with van der Waals surface area (Å²) in [5, 5.41) is 9.43. The maximum absolute atomic E-state index is 13.0. The fourth-order valence-corrected chi connectivity index (χ4v) is 6.10. The van der Waals surface area contributed by atoms with Crippen LogP contribution in [0.4, 0.5) is 0 Å². The minimum Gasteiger partial charge on any atom is -0.396 e. The lowest BCUT2D eigenvalue weighted by molar-refractivity contribution is 0.121.